The average molecular weight is 360 g/mol. The van der Waals surface area contributed by atoms with Crippen molar-refractivity contribution in [3.8, 4) is 0 Å². The Hall–Kier alpha value is 0.423. The second-order valence-corrected chi connectivity index (χ2v) is 4.30. The summed E-state index contributed by atoms with van der Waals surface area (Å²) in [6.45, 7) is 2.25. The molecule has 2 atom stereocenters. The van der Waals surface area contributed by atoms with Gasteiger partial charge < -0.3 is 31.2 Å². The minimum absolute atomic E-state index is 0. The molecule has 0 aromatic carbocycles. The van der Waals surface area contributed by atoms with Crippen LogP contribution in [0.15, 0.2) is 42.0 Å². The third-order valence-corrected chi connectivity index (χ3v) is 3.24. The summed E-state index contributed by atoms with van der Waals surface area (Å²) in [4.78, 5) is 0. The first-order chi connectivity index (χ1) is 7.38. The Bertz CT molecular complexity index is 319. The van der Waals surface area contributed by atoms with E-state index in [0.717, 1.165) is 18.3 Å². The number of hydrogen-bond donors (Lipinski definition) is 0. The molecule has 2 unspecified atom stereocenters. The van der Waals surface area contributed by atoms with Crippen molar-refractivity contribution in [1.82, 2.24) is 0 Å². The van der Waals surface area contributed by atoms with Crippen LogP contribution in [0.5, 0.6) is 0 Å². The molecule has 96 valence electrons. The Labute approximate surface area is 143 Å². The molecule has 3 aliphatic carbocycles. The van der Waals surface area contributed by atoms with Crippen LogP contribution in [0.3, 0.4) is 0 Å². The van der Waals surface area contributed by atoms with Gasteiger partial charge in [0.1, 0.15) is 0 Å². The Morgan fingerprint density at radius 2 is 2.06 bits per heavy atom. The number of rotatable bonds is 0. The van der Waals surface area contributed by atoms with Gasteiger partial charge in [-0.2, -0.15) is 12.5 Å². The van der Waals surface area contributed by atoms with Crippen LogP contribution in [-0.4, -0.2) is 0 Å². The zero-order valence-corrected chi connectivity index (χ0v) is 14.5. The first-order valence-electron chi connectivity index (χ1n) is 5.78. The van der Waals surface area contributed by atoms with Crippen molar-refractivity contribution in [2.24, 2.45) is 11.8 Å². The molecule has 1 fully saturated rings. The molecule has 0 bridgehead atoms. The van der Waals surface area contributed by atoms with Crippen LogP contribution in [0.25, 0.3) is 0 Å². The molecule has 3 aliphatic rings. The molecule has 0 saturated heterocycles. The fourth-order valence-corrected chi connectivity index (χ4v) is 2.37. The van der Waals surface area contributed by atoms with Crippen molar-refractivity contribution >= 4 is 0 Å². The molecule has 18 heavy (non-hydrogen) atoms. The Morgan fingerprint density at radius 3 is 2.56 bits per heavy atom. The molecule has 0 aromatic rings. The van der Waals surface area contributed by atoms with E-state index < -0.39 is 0 Å². The smallest absolute Gasteiger partial charge is 1.00 e. The van der Waals surface area contributed by atoms with E-state index in [1.54, 1.807) is 5.57 Å². The van der Waals surface area contributed by atoms with Gasteiger partial charge in [0.2, 0.25) is 0 Å². The molecular formula is C15H18Cl2Zr. The van der Waals surface area contributed by atoms with E-state index in [4.69, 9.17) is 0 Å². The fourth-order valence-electron chi connectivity index (χ4n) is 2.37. The second-order valence-electron chi connectivity index (χ2n) is 4.30. The van der Waals surface area contributed by atoms with Gasteiger partial charge in [0, 0.05) is 0 Å². The van der Waals surface area contributed by atoms with Crippen LogP contribution < -0.4 is 24.8 Å². The first-order valence-corrected chi connectivity index (χ1v) is 5.78. The van der Waals surface area contributed by atoms with E-state index in [1.165, 1.54) is 12.8 Å². The first kappa shape index (κ1) is 20.7. The maximum atomic E-state index is 2.99. The van der Waals surface area contributed by atoms with Crippen molar-refractivity contribution in [3.05, 3.63) is 54.5 Å². The monoisotopic (exact) mass is 358 g/mol. The van der Waals surface area contributed by atoms with Gasteiger partial charge in [-0.05, 0) is 12.8 Å². The standard InChI is InChI=1S/C10H13.C5H5.2ClH.Zr/c1-8-4-2-5-9-6-3-7-10(8)9;1-2-4-5-3-1;;;/h2,4-6,9-10H,3,7H2,1H3;1-3H,4H2;2*1H;/q2*-1;;;+4/p-2. The molecule has 3 rings (SSSR count). The van der Waals surface area contributed by atoms with Gasteiger partial charge in [0.25, 0.3) is 0 Å². The summed E-state index contributed by atoms with van der Waals surface area (Å²) < 4.78 is 0. The van der Waals surface area contributed by atoms with Crippen molar-refractivity contribution in [2.75, 3.05) is 0 Å². The van der Waals surface area contributed by atoms with Crippen LogP contribution >= 0.6 is 0 Å². The summed E-state index contributed by atoms with van der Waals surface area (Å²) in [6.07, 6.45) is 21.9. The van der Waals surface area contributed by atoms with Crippen LogP contribution in [0.1, 0.15) is 26.2 Å². The molecule has 1 saturated carbocycles. The van der Waals surface area contributed by atoms with E-state index in [1.807, 2.05) is 12.2 Å². The summed E-state index contributed by atoms with van der Waals surface area (Å²) in [7, 11) is 0. The fraction of sp³-hybridized carbons (Fsp3) is 0.400. The van der Waals surface area contributed by atoms with E-state index in [0.29, 0.717) is 0 Å². The van der Waals surface area contributed by atoms with Gasteiger partial charge in [-0.1, -0.05) is 24.1 Å². The van der Waals surface area contributed by atoms with Gasteiger partial charge in [-0.25, -0.2) is 12.2 Å². The molecule has 0 aliphatic heterocycles. The maximum Gasteiger partial charge on any atom is 4.00 e. The average Bonchev–Trinajstić information content (AvgIpc) is 2.93. The predicted molar refractivity (Wildman–Crippen MR) is 65.0 cm³/mol. The Morgan fingerprint density at radius 1 is 1.28 bits per heavy atom. The van der Waals surface area contributed by atoms with Gasteiger partial charge in [0.05, 0.1) is 0 Å². The minimum atomic E-state index is 0. The summed E-state index contributed by atoms with van der Waals surface area (Å²) in [6, 6.07) is 0. The van der Waals surface area contributed by atoms with Crippen molar-refractivity contribution < 1.29 is 51.0 Å². The molecule has 0 spiro atoms. The topological polar surface area (TPSA) is 0 Å². The number of allylic oxidation sites excluding steroid dienone is 8. The van der Waals surface area contributed by atoms with Crippen molar-refractivity contribution in [1.29, 1.82) is 0 Å². The summed E-state index contributed by atoms with van der Waals surface area (Å²) in [5.74, 6) is 1.62. The maximum absolute atomic E-state index is 2.99. The number of halogens is 2. The summed E-state index contributed by atoms with van der Waals surface area (Å²) >= 11 is 0. The van der Waals surface area contributed by atoms with Crippen molar-refractivity contribution in [3.63, 3.8) is 0 Å². The van der Waals surface area contributed by atoms with Crippen LogP contribution in [0.2, 0.25) is 0 Å². The van der Waals surface area contributed by atoms with Gasteiger partial charge in [-0.3, -0.25) is 6.08 Å². The van der Waals surface area contributed by atoms with E-state index >= 15 is 0 Å². The molecule has 0 nitrogen and oxygen atoms in total. The van der Waals surface area contributed by atoms with Crippen molar-refractivity contribution in [2.45, 2.75) is 26.2 Å². The predicted octanol–water partition coefficient (Wildman–Crippen LogP) is -1.96. The molecule has 0 heterocycles. The molecule has 0 amide bonds. The molecular weight excluding hydrogens is 342 g/mol. The van der Waals surface area contributed by atoms with Gasteiger partial charge >= 0.3 is 26.2 Å². The summed E-state index contributed by atoms with van der Waals surface area (Å²) in [5, 5.41) is 0. The largest absolute Gasteiger partial charge is 4.00 e. The van der Waals surface area contributed by atoms with Gasteiger partial charge in [0.15, 0.2) is 0 Å². The quantitative estimate of drug-likeness (QED) is 0.441. The molecule has 3 heteroatoms. The number of hydrogen-bond acceptors (Lipinski definition) is 0. The van der Waals surface area contributed by atoms with E-state index in [-0.39, 0.29) is 51.0 Å². The van der Waals surface area contributed by atoms with E-state index in [9.17, 15) is 0 Å². The molecule has 0 N–H and O–H groups in total. The molecule has 0 radical (unpaired) electrons. The third kappa shape index (κ3) is 6.04. The SMILES string of the molecule is CC1=CC=CC2[CH-]CCC12.[C-]1=CC=CC1.[Cl-].[Cl-].[Zr+4]. The summed E-state index contributed by atoms with van der Waals surface area (Å²) in [5.41, 5.74) is 1.57. The Balaban J connectivity index is 0. The number of fused-ring (bicyclic) bond motifs is 1. The third-order valence-electron chi connectivity index (χ3n) is 3.24. The molecule has 0 aromatic heterocycles. The second kappa shape index (κ2) is 11.3. The van der Waals surface area contributed by atoms with Crippen LogP contribution in [-0.2, 0) is 26.2 Å². The zero-order chi connectivity index (χ0) is 10.5. The van der Waals surface area contributed by atoms with Crippen LogP contribution in [0.4, 0.5) is 0 Å². The van der Waals surface area contributed by atoms with Gasteiger partial charge in [-0.15, -0.1) is 18.4 Å². The van der Waals surface area contributed by atoms with Crippen LogP contribution in [0, 0.1) is 24.3 Å². The Kier molecular flexibility index (Phi) is 13.0. The zero-order valence-electron chi connectivity index (χ0n) is 10.6. The normalized spacial score (nSPS) is 25.7. The van der Waals surface area contributed by atoms with E-state index in [2.05, 4.69) is 43.7 Å². The minimum Gasteiger partial charge on any atom is -1.00 e.